The average Bonchev–Trinajstić information content (AvgIpc) is 3.37. The van der Waals surface area contributed by atoms with E-state index in [0.29, 0.717) is 30.1 Å². The summed E-state index contributed by atoms with van der Waals surface area (Å²) >= 11 is 0. The molecule has 2 heterocycles. The Bertz CT molecular complexity index is 711. The molecular weight excluding hydrogens is 316 g/mol. The van der Waals surface area contributed by atoms with Gasteiger partial charge in [-0.3, -0.25) is 9.69 Å². The Morgan fingerprint density at radius 1 is 1.12 bits per heavy atom. The van der Waals surface area contributed by atoms with Gasteiger partial charge in [-0.05, 0) is 37.3 Å². The van der Waals surface area contributed by atoms with Crippen molar-refractivity contribution in [1.29, 1.82) is 0 Å². The second-order valence-corrected chi connectivity index (χ2v) is 7.04. The Kier molecular flexibility index (Phi) is 4.78. The van der Waals surface area contributed by atoms with Crippen molar-refractivity contribution in [2.75, 3.05) is 26.2 Å². The van der Waals surface area contributed by atoms with E-state index in [1.165, 1.54) is 12.8 Å². The molecule has 1 saturated carbocycles. The van der Waals surface area contributed by atoms with Crippen molar-refractivity contribution >= 4 is 5.91 Å². The minimum absolute atomic E-state index is 0.329. The van der Waals surface area contributed by atoms with E-state index in [1.807, 2.05) is 35.2 Å². The summed E-state index contributed by atoms with van der Waals surface area (Å²) in [6.45, 7) is 4.16. The molecule has 6 nitrogen and oxygen atoms in total. The second kappa shape index (κ2) is 7.35. The quantitative estimate of drug-likeness (QED) is 0.837. The smallest absolute Gasteiger partial charge is 0.257 e. The zero-order chi connectivity index (χ0) is 17.1. The number of nitrogens with zero attached hydrogens (tertiary/aromatic N) is 4. The van der Waals surface area contributed by atoms with Gasteiger partial charge in [0.2, 0.25) is 5.91 Å². The number of hydrogen-bond acceptors (Lipinski definition) is 5. The molecule has 1 amide bonds. The summed E-state index contributed by atoms with van der Waals surface area (Å²) in [4.78, 5) is 21.1. The number of carbonyl (C=O) groups is 1. The number of hydrogen-bond donors (Lipinski definition) is 0. The van der Waals surface area contributed by atoms with Crippen LogP contribution >= 0.6 is 0 Å². The van der Waals surface area contributed by atoms with Crippen LogP contribution in [0.1, 0.15) is 31.5 Å². The number of amides is 1. The molecule has 1 saturated heterocycles. The summed E-state index contributed by atoms with van der Waals surface area (Å²) in [5.74, 6) is 2.25. The molecule has 0 spiro atoms. The van der Waals surface area contributed by atoms with Crippen LogP contribution < -0.4 is 0 Å². The van der Waals surface area contributed by atoms with E-state index >= 15 is 0 Å². The Labute approximate surface area is 147 Å². The van der Waals surface area contributed by atoms with Crippen LogP contribution in [0.3, 0.4) is 0 Å². The molecule has 4 rings (SSSR count). The van der Waals surface area contributed by atoms with Gasteiger partial charge in [-0.15, -0.1) is 0 Å². The maximum Gasteiger partial charge on any atom is 0.257 e. The van der Waals surface area contributed by atoms with Gasteiger partial charge in [0.1, 0.15) is 0 Å². The maximum atomic E-state index is 12.3. The average molecular weight is 340 g/mol. The summed E-state index contributed by atoms with van der Waals surface area (Å²) in [5.41, 5.74) is 0.939. The third-order valence-corrected chi connectivity index (χ3v) is 4.96. The topological polar surface area (TPSA) is 62.5 Å². The van der Waals surface area contributed by atoms with Crippen molar-refractivity contribution in [2.24, 2.45) is 5.92 Å². The van der Waals surface area contributed by atoms with Gasteiger partial charge in [-0.25, -0.2) is 0 Å². The predicted molar refractivity (Wildman–Crippen MR) is 93.5 cm³/mol. The highest BCUT2D eigenvalue weighted by atomic mass is 16.5. The highest BCUT2D eigenvalue weighted by molar-refractivity contribution is 5.76. The highest BCUT2D eigenvalue weighted by Crippen LogP contribution is 2.33. The van der Waals surface area contributed by atoms with Crippen LogP contribution in [-0.2, 0) is 11.3 Å². The molecule has 132 valence electrons. The highest BCUT2D eigenvalue weighted by Gasteiger charge is 2.28. The van der Waals surface area contributed by atoms with Crippen molar-refractivity contribution in [3.63, 3.8) is 0 Å². The van der Waals surface area contributed by atoms with Crippen LogP contribution in [0.15, 0.2) is 34.9 Å². The fraction of sp³-hybridized carbons (Fsp3) is 0.526. The molecular formula is C19H24N4O2. The molecule has 0 bridgehead atoms. The molecule has 1 aliphatic heterocycles. The van der Waals surface area contributed by atoms with Gasteiger partial charge in [0.25, 0.3) is 5.89 Å². The van der Waals surface area contributed by atoms with Crippen molar-refractivity contribution < 1.29 is 9.32 Å². The summed E-state index contributed by atoms with van der Waals surface area (Å²) in [5, 5.41) is 4.11. The monoisotopic (exact) mass is 340 g/mol. The number of rotatable bonds is 5. The molecule has 6 heteroatoms. The lowest BCUT2D eigenvalue weighted by Crippen LogP contribution is -2.35. The zero-order valence-electron chi connectivity index (χ0n) is 14.4. The van der Waals surface area contributed by atoms with E-state index < -0.39 is 0 Å². The van der Waals surface area contributed by atoms with Gasteiger partial charge in [0.05, 0.1) is 6.54 Å². The van der Waals surface area contributed by atoms with Crippen LogP contribution in [0.4, 0.5) is 0 Å². The van der Waals surface area contributed by atoms with E-state index in [9.17, 15) is 4.79 Å². The molecule has 2 fully saturated rings. The molecule has 25 heavy (non-hydrogen) atoms. The van der Waals surface area contributed by atoms with Crippen LogP contribution in [0.5, 0.6) is 0 Å². The normalized spacial score (nSPS) is 19.0. The maximum absolute atomic E-state index is 12.3. The number of benzene rings is 1. The molecule has 1 aromatic heterocycles. The van der Waals surface area contributed by atoms with Gasteiger partial charge in [0.15, 0.2) is 5.82 Å². The Morgan fingerprint density at radius 3 is 2.76 bits per heavy atom. The Hall–Kier alpha value is -2.21. The van der Waals surface area contributed by atoms with Gasteiger partial charge < -0.3 is 9.42 Å². The van der Waals surface area contributed by atoms with E-state index in [0.717, 1.165) is 44.6 Å². The van der Waals surface area contributed by atoms with Crippen molar-refractivity contribution in [1.82, 2.24) is 19.9 Å². The van der Waals surface area contributed by atoms with Gasteiger partial charge >= 0.3 is 0 Å². The molecule has 2 aromatic rings. The lowest BCUT2D eigenvalue weighted by molar-refractivity contribution is -0.131. The lowest BCUT2D eigenvalue weighted by atomic mass is 10.2. The first-order chi connectivity index (χ1) is 12.3. The molecule has 0 N–H and O–H groups in total. The minimum atomic E-state index is 0.329. The van der Waals surface area contributed by atoms with Crippen LogP contribution in [-0.4, -0.2) is 52.0 Å². The standard InChI is InChI=1S/C19H24N4O2/c24-18(13-15-7-8-15)23-10-4-9-22(11-12-23)14-17-20-19(25-21-17)16-5-2-1-3-6-16/h1-3,5-6,15H,4,7-14H2. The van der Waals surface area contributed by atoms with Crippen LogP contribution in [0, 0.1) is 5.92 Å². The van der Waals surface area contributed by atoms with E-state index in [4.69, 9.17) is 4.52 Å². The molecule has 0 radical (unpaired) electrons. The van der Waals surface area contributed by atoms with Crippen LogP contribution in [0.25, 0.3) is 11.5 Å². The first-order valence-corrected chi connectivity index (χ1v) is 9.16. The summed E-state index contributed by atoms with van der Waals surface area (Å²) < 4.78 is 5.38. The molecule has 1 aromatic carbocycles. The summed E-state index contributed by atoms with van der Waals surface area (Å²) in [6.07, 6.45) is 4.20. The third kappa shape index (κ3) is 4.25. The molecule has 1 aliphatic carbocycles. The third-order valence-electron chi connectivity index (χ3n) is 4.96. The predicted octanol–water partition coefficient (Wildman–Crippen LogP) is 2.57. The molecule has 0 unspecified atom stereocenters. The van der Waals surface area contributed by atoms with Gasteiger partial charge in [-0.1, -0.05) is 23.4 Å². The Morgan fingerprint density at radius 2 is 1.96 bits per heavy atom. The first kappa shape index (κ1) is 16.3. The lowest BCUT2D eigenvalue weighted by Gasteiger charge is -2.21. The fourth-order valence-electron chi connectivity index (χ4n) is 3.29. The summed E-state index contributed by atoms with van der Waals surface area (Å²) in [7, 11) is 0. The minimum Gasteiger partial charge on any atom is -0.341 e. The van der Waals surface area contributed by atoms with Gasteiger partial charge in [-0.2, -0.15) is 4.98 Å². The molecule has 2 aliphatic rings. The SMILES string of the molecule is O=C(CC1CC1)N1CCCN(Cc2noc(-c3ccccc3)n2)CC1. The van der Waals surface area contributed by atoms with E-state index in [1.54, 1.807) is 0 Å². The number of carbonyl (C=O) groups excluding carboxylic acids is 1. The van der Waals surface area contributed by atoms with Gasteiger partial charge in [0, 0.05) is 38.2 Å². The van der Waals surface area contributed by atoms with Crippen molar-refractivity contribution in [3.05, 3.63) is 36.2 Å². The van der Waals surface area contributed by atoms with Crippen molar-refractivity contribution in [3.8, 4) is 11.5 Å². The Balaban J connectivity index is 1.32. The number of aromatic nitrogens is 2. The second-order valence-electron chi connectivity index (χ2n) is 7.04. The van der Waals surface area contributed by atoms with E-state index in [2.05, 4.69) is 15.0 Å². The van der Waals surface area contributed by atoms with Crippen molar-refractivity contribution in [2.45, 2.75) is 32.2 Å². The zero-order valence-corrected chi connectivity index (χ0v) is 14.4. The fourth-order valence-corrected chi connectivity index (χ4v) is 3.29. The van der Waals surface area contributed by atoms with E-state index in [-0.39, 0.29) is 0 Å². The van der Waals surface area contributed by atoms with Crippen LogP contribution in [0.2, 0.25) is 0 Å². The first-order valence-electron chi connectivity index (χ1n) is 9.16. The largest absolute Gasteiger partial charge is 0.341 e. The summed E-state index contributed by atoms with van der Waals surface area (Å²) in [6, 6.07) is 9.82. The molecule has 0 atom stereocenters.